The molecule has 1 amide bonds. The Labute approximate surface area is 111 Å². The van der Waals surface area contributed by atoms with E-state index in [4.69, 9.17) is 5.73 Å². The first-order valence-corrected chi connectivity index (χ1v) is 5.39. The van der Waals surface area contributed by atoms with Crippen molar-refractivity contribution < 1.29 is 22.4 Å². The molecule has 2 aromatic rings. The molecule has 0 unspecified atom stereocenters. The lowest BCUT2D eigenvalue weighted by Crippen LogP contribution is -2.14. The van der Waals surface area contributed by atoms with E-state index < -0.39 is 29.2 Å². The molecule has 0 aliphatic rings. The van der Waals surface area contributed by atoms with Gasteiger partial charge in [0.15, 0.2) is 11.6 Å². The van der Waals surface area contributed by atoms with Gasteiger partial charge in [-0.15, -0.1) is 0 Å². The number of carbonyl (C=O) groups excluding carboxylic acids is 1. The number of carbonyl (C=O) groups is 1. The fourth-order valence-electron chi connectivity index (χ4n) is 1.49. The number of benzene rings is 2. The second-order valence-corrected chi connectivity index (χ2v) is 3.94. The zero-order valence-corrected chi connectivity index (χ0v) is 9.88. The summed E-state index contributed by atoms with van der Waals surface area (Å²) in [5.41, 5.74) is 4.31. The van der Waals surface area contributed by atoms with Gasteiger partial charge in [0, 0.05) is 11.6 Å². The summed E-state index contributed by atoms with van der Waals surface area (Å²) in [7, 11) is 0. The van der Waals surface area contributed by atoms with Gasteiger partial charge in [-0.25, -0.2) is 17.6 Å². The predicted octanol–water partition coefficient (Wildman–Crippen LogP) is 3.08. The van der Waals surface area contributed by atoms with Gasteiger partial charge in [0.05, 0.1) is 11.4 Å². The third kappa shape index (κ3) is 2.71. The summed E-state index contributed by atoms with van der Waals surface area (Å²) in [4.78, 5) is 11.7. The molecule has 104 valence electrons. The van der Waals surface area contributed by atoms with Crippen molar-refractivity contribution in [2.24, 2.45) is 0 Å². The van der Waals surface area contributed by atoms with Crippen molar-refractivity contribution in [1.82, 2.24) is 0 Å². The molecular weight excluding hydrogens is 276 g/mol. The normalized spacial score (nSPS) is 10.4. The molecule has 0 spiro atoms. The minimum Gasteiger partial charge on any atom is -0.396 e. The summed E-state index contributed by atoms with van der Waals surface area (Å²) < 4.78 is 52.1. The first-order valence-electron chi connectivity index (χ1n) is 5.39. The fourth-order valence-corrected chi connectivity index (χ4v) is 1.49. The Morgan fingerprint density at radius 2 is 1.60 bits per heavy atom. The summed E-state index contributed by atoms with van der Waals surface area (Å²) in [5, 5.41) is 2.09. The maximum atomic E-state index is 13.4. The van der Waals surface area contributed by atoms with Gasteiger partial charge in [0.1, 0.15) is 11.6 Å². The van der Waals surface area contributed by atoms with Gasteiger partial charge in [0.25, 0.3) is 5.91 Å². The van der Waals surface area contributed by atoms with E-state index in [1.165, 1.54) is 0 Å². The number of nitrogen functional groups attached to an aromatic ring is 1. The van der Waals surface area contributed by atoms with Crippen LogP contribution in [0, 0.1) is 23.3 Å². The van der Waals surface area contributed by atoms with Crippen LogP contribution in [0.1, 0.15) is 10.4 Å². The highest BCUT2D eigenvalue weighted by Crippen LogP contribution is 2.22. The number of amides is 1. The zero-order chi connectivity index (χ0) is 14.9. The Kier molecular flexibility index (Phi) is 3.60. The summed E-state index contributed by atoms with van der Waals surface area (Å²) in [6.45, 7) is 0. The SMILES string of the molecule is Nc1cc(NC(=O)c2ccc(F)c(F)c2)c(F)cc1F. The van der Waals surface area contributed by atoms with Crippen LogP contribution in [-0.4, -0.2) is 5.91 Å². The molecule has 20 heavy (non-hydrogen) atoms. The van der Waals surface area contributed by atoms with Crippen molar-refractivity contribution in [3.8, 4) is 0 Å². The van der Waals surface area contributed by atoms with Crippen molar-refractivity contribution in [2.75, 3.05) is 11.1 Å². The van der Waals surface area contributed by atoms with E-state index in [1.807, 2.05) is 0 Å². The molecule has 0 saturated carbocycles. The van der Waals surface area contributed by atoms with Crippen LogP contribution in [0.5, 0.6) is 0 Å². The maximum absolute atomic E-state index is 13.4. The van der Waals surface area contributed by atoms with Gasteiger partial charge in [-0.1, -0.05) is 0 Å². The van der Waals surface area contributed by atoms with Crippen LogP contribution in [0.3, 0.4) is 0 Å². The molecule has 0 heterocycles. The molecular formula is C13H8F4N2O. The van der Waals surface area contributed by atoms with Crippen molar-refractivity contribution in [3.63, 3.8) is 0 Å². The summed E-state index contributed by atoms with van der Waals surface area (Å²) in [5.74, 6) is -5.20. The third-order valence-corrected chi connectivity index (χ3v) is 2.52. The molecule has 3 N–H and O–H groups in total. The second-order valence-electron chi connectivity index (χ2n) is 3.94. The lowest BCUT2D eigenvalue weighted by atomic mass is 10.2. The van der Waals surface area contributed by atoms with Gasteiger partial charge < -0.3 is 11.1 Å². The van der Waals surface area contributed by atoms with Crippen molar-refractivity contribution in [3.05, 3.63) is 59.2 Å². The van der Waals surface area contributed by atoms with E-state index in [-0.39, 0.29) is 16.9 Å². The van der Waals surface area contributed by atoms with Crippen LogP contribution >= 0.6 is 0 Å². The van der Waals surface area contributed by atoms with E-state index >= 15 is 0 Å². The minimum atomic E-state index is -1.21. The van der Waals surface area contributed by atoms with Crippen molar-refractivity contribution in [1.29, 1.82) is 0 Å². The topological polar surface area (TPSA) is 55.1 Å². The third-order valence-electron chi connectivity index (χ3n) is 2.52. The van der Waals surface area contributed by atoms with E-state index in [0.29, 0.717) is 12.1 Å². The van der Waals surface area contributed by atoms with Gasteiger partial charge in [0.2, 0.25) is 0 Å². The lowest BCUT2D eigenvalue weighted by Gasteiger charge is -2.08. The Hall–Kier alpha value is -2.57. The number of hydrogen-bond donors (Lipinski definition) is 2. The molecule has 0 aliphatic heterocycles. The quantitative estimate of drug-likeness (QED) is 0.657. The van der Waals surface area contributed by atoms with Gasteiger partial charge in [-0.3, -0.25) is 4.79 Å². The van der Waals surface area contributed by atoms with E-state index in [1.54, 1.807) is 0 Å². The number of halogens is 4. The minimum absolute atomic E-state index is 0.216. The Morgan fingerprint density at radius 3 is 2.25 bits per heavy atom. The molecule has 0 atom stereocenters. The van der Waals surface area contributed by atoms with Gasteiger partial charge in [-0.2, -0.15) is 0 Å². The van der Waals surface area contributed by atoms with Gasteiger partial charge >= 0.3 is 0 Å². The number of anilines is 2. The van der Waals surface area contributed by atoms with Crippen LogP contribution in [0.15, 0.2) is 30.3 Å². The van der Waals surface area contributed by atoms with E-state index in [0.717, 1.165) is 18.2 Å². The Bertz CT molecular complexity index is 688. The fraction of sp³-hybridized carbons (Fsp3) is 0. The Balaban J connectivity index is 2.27. The average molecular weight is 284 g/mol. The first-order chi connectivity index (χ1) is 9.38. The van der Waals surface area contributed by atoms with Crippen molar-refractivity contribution in [2.45, 2.75) is 0 Å². The summed E-state index contributed by atoms with van der Waals surface area (Å²) in [6, 6.07) is 3.85. The molecule has 2 aromatic carbocycles. The van der Waals surface area contributed by atoms with Gasteiger partial charge in [-0.05, 0) is 24.3 Å². The number of hydrogen-bond acceptors (Lipinski definition) is 2. The van der Waals surface area contributed by atoms with Crippen LogP contribution in [0.25, 0.3) is 0 Å². The van der Waals surface area contributed by atoms with E-state index in [9.17, 15) is 22.4 Å². The number of nitrogens with one attached hydrogen (secondary N) is 1. The monoisotopic (exact) mass is 284 g/mol. The van der Waals surface area contributed by atoms with E-state index in [2.05, 4.69) is 5.32 Å². The smallest absolute Gasteiger partial charge is 0.255 e. The molecule has 0 saturated heterocycles. The highest BCUT2D eigenvalue weighted by atomic mass is 19.2. The molecule has 7 heteroatoms. The molecule has 3 nitrogen and oxygen atoms in total. The summed E-state index contributed by atoms with van der Waals surface area (Å²) >= 11 is 0. The standard InChI is InChI=1S/C13H8F4N2O/c14-7-2-1-6(3-8(7)15)13(20)19-12-5-11(18)9(16)4-10(12)17/h1-5H,18H2,(H,19,20). The highest BCUT2D eigenvalue weighted by Gasteiger charge is 2.14. The number of nitrogens with two attached hydrogens (primary N) is 1. The molecule has 0 radical (unpaired) electrons. The highest BCUT2D eigenvalue weighted by molar-refractivity contribution is 6.04. The number of rotatable bonds is 2. The second kappa shape index (κ2) is 5.20. The molecule has 0 fully saturated rings. The molecule has 0 aromatic heterocycles. The predicted molar refractivity (Wildman–Crippen MR) is 65.1 cm³/mol. The molecule has 2 rings (SSSR count). The van der Waals surface area contributed by atoms with Crippen LogP contribution in [0.4, 0.5) is 28.9 Å². The molecule has 0 aliphatic carbocycles. The summed E-state index contributed by atoms with van der Waals surface area (Å²) in [6.07, 6.45) is 0. The average Bonchev–Trinajstić information content (AvgIpc) is 2.39. The Morgan fingerprint density at radius 1 is 0.900 bits per heavy atom. The lowest BCUT2D eigenvalue weighted by molar-refractivity contribution is 0.102. The van der Waals surface area contributed by atoms with Crippen LogP contribution < -0.4 is 11.1 Å². The van der Waals surface area contributed by atoms with Crippen LogP contribution in [0.2, 0.25) is 0 Å². The van der Waals surface area contributed by atoms with Crippen molar-refractivity contribution >= 4 is 17.3 Å². The largest absolute Gasteiger partial charge is 0.396 e. The molecule has 0 bridgehead atoms. The zero-order valence-electron chi connectivity index (χ0n) is 9.88. The van der Waals surface area contributed by atoms with Crippen LogP contribution in [-0.2, 0) is 0 Å². The maximum Gasteiger partial charge on any atom is 0.255 e. The first kappa shape index (κ1) is 13.9.